The molecule has 0 aliphatic rings. The molecule has 0 radical (unpaired) electrons. The van der Waals surface area contributed by atoms with Gasteiger partial charge in [0, 0.05) is 16.9 Å². The highest BCUT2D eigenvalue weighted by Crippen LogP contribution is 2.21. The highest BCUT2D eigenvalue weighted by atomic mass is 79.9. The predicted octanol–water partition coefficient (Wildman–Crippen LogP) is 2.56. The van der Waals surface area contributed by atoms with Gasteiger partial charge < -0.3 is 10.4 Å². The van der Waals surface area contributed by atoms with Crippen molar-refractivity contribution < 1.29 is 9.90 Å². The van der Waals surface area contributed by atoms with Crippen LogP contribution in [0.2, 0.25) is 5.02 Å². The van der Waals surface area contributed by atoms with E-state index in [9.17, 15) is 9.90 Å². The van der Waals surface area contributed by atoms with Crippen molar-refractivity contribution in [2.75, 3.05) is 11.9 Å². The zero-order valence-corrected chi connectivity index (χ0v) is 10.3. The van der Waals surface area contributed by atoms with Crippen molar-refractivity contribution in [2.24, 2.45) is 0 Å². The van der Waals surface area contributed by atoms with E-state index < -0.39 is 0 Å². The lowest BCUT2D eigenvalue weighted by Gasteiger charge is -2.05. The van der Waals surface area contributed by atoms with Gasteiger partial charge in [0.1, 0.15) is 5.75 Å². The molecule has 3 nitrogen and oxygen atoms in total. The first kappa shape index (κ1) is 12.3. The summed E-state index contributed by atoms with van der Waals surface area (Å²) in [5.41, 5.74) is 0.244. The number of amides is 1. The van der Waals surface area contributed by atoms with E-state index in [-0.39, 0.29) is 17.2 Å². The Kier molecular flexibility index (Phi) is 4.91. The molecule has 0 spiro atoms. The first-order valence-electron chi connectivity index (χ1n) is 4.48. The fourth-order valence-electron chi connectivity index (χ4n) is 1.06. The van der Waals surface area contributed by atoms with E-state index in [0.29, 0.717) is 11.6 Å². The quantitative estimate of drug-likeness (QED) is 0.662. The van der Waals surface area contributed by atoms with Gasteiger partial charge in [-0.1, -0.05) is 27.5 Å². The Labute approximate surface area is 102 Å². The van der Waals surface area contributed by atoms with Crippen LogP contribution < -0.4 is 5.32 Å². The summed E-state index contributed by atoms with van der Waals surface area (Å²) in [5.74, 6) is -0.385. The minimum absolute atomic E-state index is 0.0983. The molecule has 5 heteroatoms. The number of nitrogens with one attached hydrogen (secondary N) is 1. The molecule has 0 heterocycles. The Balaban J connectivity index is 2.65. The van der Waals surface area contributed by atoms with E-state index in [1.54, 1.807) is 6.07 Å². The summed E-state index contributed by atoms with van der Waals surface area (Å²) >= 11 is 8.91. The second-order valence-electron chi connectivity index (χ2n) is 2.96. The molecule has 0 bridgehead atoms. The molecule has 82 valence electrons. The lowest BCUT2D eigenvalue weighted by atomic mass is 10.2. The summed E-state index contributed by atoms with van der Waals surface area (Å²) in [4.78, 5) is 11.5. The zero-order valence-electron chi connectivity index (χ0n) is 7.96. The summed E-state index contributed by atoms with van der Waals surface area (Å²) in [6, 6.07) is 4.42. The predicted molar refractivity (Wildman–Crippen MR) is 63.9 cm³/mol. The van der Waals surface area contributed by atoms with Gasteiger partial charge in [-0.2, -0.15) is 0 Å². The molecular formula is C10H11BrClNO2. The number of rotatable bonds is 4. The largest absolute Gasteiger partial charge is 0.507 e. The number of phenols is 1. The molecule has 0 saturated carbocycles. The first-order chi connectivity index (χ1) is 7.15. The van der Waals surface area contributed by atoms with Crippen molar-refractivity contribution in [2.45, 2.75) is 6.42 Å². The van der Waals surface area contributed by atoms with Crippen molar-refractivity contribution in [3.8, 4) is 5.75 Å². The van der Waals surface area contributed by atoms with E-state index in [1.165, 1.54) is 12.1 Å². The van der Waals surface area contributed by atoms with Crippen molar-refractivity contribution in [1.82, 2.24) is 5.32 Å². The number of hydrogen-bond donors (Lipinski definition) is 2. The Morgan fingerprint density at radius 3 is 2.87 bits per heavy atom. The summed E-state index contributed by atoms with van der Waals surface area (Å²) < 4.78 is 0. The van der Waals surface area contributed by atoms with Gasteiger partial charge in [-0.25, -0.2) is 0 Å². The summed E-state index contributed by atoms with van der Waals surface area (Å²) in [6.07, 6.45) is 0.847. The molecular weight excluding hydrogens is 281 g/mol. The lowest BCUT2D eigenvalue weighted by molar-refractivity contribution is 0.0951. The topological polar surface area (TPSA) is 49.3 Å². The van der Waals surface area contributed by atoms with Crippen LogP contribution in [0.15, 0.2) is 18.2 Å². The number of carbonyl (C=O) groups excluding carboxylic acids is 1. The molecule has 0 saturated heterocycles. The lowest BCUT2D eigenvalue weighted by Crippen LogP contribution is -2.24. The average molecular weight is 293 g/mol. The SMILES string of the molecule is O=C(NCCCBr)c1ccc(Cl)cc1O. The standard InChI is InChI=1S/C10H11BrClNO2/c11-4-1-5-13-10(15)8-3-2-7(12)6-9(8)14/h2-3,6,14H,1,4-5H2,(H,13,15). The Hall–Kier alpha value is -0.740. The van der Waals surface area contributed by atoms with E-state index >= 15 is 0 Å². The van der Waals surface area contributed by atoms with Gasteiger partial charge in [-0.05, 0) is 24.6 Å². The van der Waals surface area contributed by atoms with Crippen LogP contribution in [0.5, 0.6) is 5.75 Å². The molecule has 1 rings (SSSR count). The number of carbonyl (C=O) groups is 1. The van der Waals surface area contributed by atoms with Crippen molar-refractivity contribution in [1.29, 1.82) is 0 Å². The number of hydrogen-bond acceptors (Lipinski definition) is 2. The number of halogens is 2. The van der Waals surface area contributed by atoms with Crippen LogP contribution in [0.1, 0.15) is 16.8 Å². The molecule has 0 unspecified atom stereocenters. The third-order valence-corrected chi connectivity index (χ3v) is 2.60. The van der Waals surface area contributed by atoms with Gasteiger partial charge >= 0.3 is 0 Å². The van der Waals surface area contributed by atoms with Crippen molar-refractivity contribution >= 4 is 33.4 Å². The van der Waals surface area contributed by atoms with Gasteiger partial charge in [-0.3, -0.25) is 4.79 Å². The van der Waals surface area contributed by atoms with Crippen LogP contribution in [0.3, 0.4) is 0 Å². The van der Waals surface area contributed by atoms with Crippen LogP contribution in [-0.4, -0.2) is 22.9 Å². The summed E-state index contributed by atoms with van der Waals surface area (Å²) in [6.45, 7) is 0.576. The van der Waals surface area contributed by atoms with E-state index in [1.807, 2.05) is 0 Å². The van der Waals surface area contributed by atoms with Crippen molar-refractivity contribution in [3.63, 3.8) is 0 Å². The molecule has 0 atom stereocenters. The zero-order chi connectivity index (χ0) is 11.3. The van der Waals surface area contributed by atoms with E-state index in [4.69, 9.17) is 11.6 Å². The summed E-state index contributed by atoms with van der Waals surface area (Å²) in [7, 11) is 0. The van der Waals surface area contributed by atoms with Gasteiger partial charge in [0.15, 0.2) is 0 Å². The highest BCUT2D eigenvalue weighted by Gasteiger charge is 2.10. The molecule has 1 aromatic rings. The Morgan fingerprint density at radius 2 is 2.27 bits per heavy atom. The number of phenolic OH excluding ortho intramolecular Hbond substituents is 1. The maximum Gasteiger partial charge on any atom is 0.255 e. The van der Waals surface area contributed by atoms with E-state index in [2.05, 4.69) is 21.2 Å². The fourth-order valence-corrected chi connectivity index (χ4v) is 1.51. The van der Waals surface area contributed by atoms with Crippen LogP contribution in [0.4, 0.5) is 0 Å². The van der Waals surface area contributed by atoms with Crippen LogP contribution in [0.25, 0.3) is 0 Å². The molecule has 15 heavy (non-hydrogen) atoms. The Morgan fingerprint density at radius 1 is 1.53 bits per heavy atom. The smallest absolute Gasteiger partial charge is 0.255 e. The molecule has 0 aromatic heterocycles. The molecule has 1 amide bonds. The molecule has 1 aromatic carbocycles. The minimum atomic E-state index is -0.287. The third kappa shape index (κ3) is 3.72. The van der Waals surface area contributed by atoms with Gasteiger partial charge in [0.2, 0.25) is 0 Å². The maximum absolute atomic E-state index is 11.5. The second-order valence-corrected chi connectivity index (χ2v) is 4.19. The van der Waals surface area contributed by atoms with E-state index in [0.717, 1.165) is 11.8 Å². The molecule has 0 fully saturated rings. The monoisotopic (exact) mass is 291 g/mol. The number of aromatic hydroxyl groups is 1. The molecule has 0 aliphatic heterocycles. The second kappa shape index (κ2) is 5.98. The normalized spacial score (nSPS) is 10.0. The minimum Gasteiger partial charge on any atom is -0.507 e. The van der Waals surface area contributed by atoms with Crippen LogP contribution in [0, 0.1) is 0 Å². The van der Waals surface area contributed by atoms with Gasteiger partial charge in [0.05, 0.1) is 5.56 Å². The van der Waals surface area contributed by atoms with Gasteiger partial charge in [0.25, 0.3) is 5.91 Å². The summed E-state index contributed by atoms with van der Waals surface area (Å²) in [5, 5.41) is 13.4. The fraction of sp³-hybridized carbons (Fsp3) is 0.300. The number of benzene rings is 1. The van der Waals surface area contributed by atoms with Crippen LogP contribution >= 0.6 is 27.5 Å². The van der Waals surface area contributed by atoms with Crippen molar-refractivity contribution in [3.05, 3.63) is 28.8 Å². The van der Waals surface area contributed by atoms with Gasteiger partial charge in [-0.15, -0.1) is 0 Å². The number of alkyl halides is 1. The Bertz CT molecular complexity index is 357. The molecule has 0 aliphatic carbocycles. The third-order valence-electron chi connectivity index (χ3n) is 1.80. The average Bonchev–Trinajstić information content (AvgIpc) is 2.17. The van der Waals surface area contributed by atoms with Crippen LogP contribution in [-0.2, 0) is 0 Å². The highest BCUT2D eigenvalue weighted by molar-refractivity contribution is 9.09. The molecule has 2 N–H and O–H groups in total. The maximum atomic E-state index is 11.5. The first-order valence-corrected chi connectivity index (χ1v) is 5.97.